The van der Waals surface area contributed by atoms with Gasteiger partial charge < -0.3 is 9.30 Å². The molecule has 0 spiro atoms. The number of benzene rings is 1. The third-order valence-corrected chi connectivity index (χ3v) is 5.68. The second kappa shape index (κ2) is 9.28. The molecular formula is C24H20N6O5. The second-order valence-corrected chi connectivity index (χ2v) is 7.80. The third kappa shape index (κ3) is 4.07. The molecule has 3 heterocycles. The van der Waals surface area contributed by atoms with Gasteiger partial charge in [-0.25, -0.2) is 4.98 Å². The summed E-state index contributed by atoms with van der Waals surface area (Å²) in [5.74, 6) is -0.762. The standard InChI is InChI=1S/C24H20N6O5/c1-14-6-5-9-29-20(14)26-22-18(24(29)32)12-16(13-25)21(28(22)10-11-35-3)27-23(31)17-7-4-8-19(15(17)2)30(33)34/h4-9,12H,10-11H2,1-3H3. The number of ether oxygens (including phenoxy) is 1. The Hall–Kier alpha value is -4.69. The highest BCUT2D eigenvalue weighted by molar-refractivity contribution is 5.97. The smallest absolute Gasteiger partial charge is 0.279 e. The highest BCUT2D eigenvalue weighted by atomic mass is 16.6. The van der Waals surface area contributed by atoms with Crippen molar-refractivity contribution in [3.05, 3.63) is 90.8 Å². The van der Waals surface area contributed by atoms with E-state index in [0.29, 0.717) is 5.65 Å². The number of nitro groups is 1. The summed E-state index contributed by atoms with van der Waals surface area (Å²) >= 11 is 0. The molecule has 4 rings (SSSR count). The molecule has 0 aliphatic carbocycles. The summed E-state index contributed by atoms with van der Waals surface area (Å²) in [5, 5.41) is 21.3. The molecule has 0 fully saturated rings. The first-order chi connectivity index (χ1) is 16.8. The van der Waals surface area contributed by atoms with Crippen LogP contribution in [0.2, 0.25) is 0 Å². The molecule has 3 aromatic heterocycles. The molecule has 0 saturated heterocycles. The van der Waals surface area contributed by atoms with Crippen molar-refractivity contribution in [1.82, 2.24) is 14.0 Å². The number of amides is 1. The van der Waals surface area contributed by atoms with Crippen molar-refractivity contribution in [2.75, 3.05) is 13.7 Å². The molecule has 1 amide bonds. The molecule has 1 aromatic carbocycles. The number of nitro benzene ring substituents is 1. The number of rotatable bonds is 5. The first-order valence-corrected chi connectivity index (χ1v) is 10.6. The third-order valence-electron chi connectivity index (χ3n) is 5.68. The molecular weight excluding hydrogens is 452 g/mol. The monoisotopic (exact) mass is 472 g/mol. The van der Waals surface area contributed by atoms with Gasteiger partial charge in [0.15, 0.2) is 5.49 Å². The summed E-state index contributed by atoms with van der Waals surface area (Å²) < 4.78 is 8.09. The molecule has 0 bridgehead atoms. The number of hydrogen-bond acceptors (Lipinski definition) is 7. The molecule has 0 aliphatic heterocycles. The van der Waals surface area contributed by atoms with Gasteiger partial charge in [-0.1, -0.05) is 12.1 Å². The van der Waals surface area contributed by atoms with Crippen LogP contribution < -0.4 is 11.0 Å². The average molecular weight is 472 g/mol. The molecule has 0 atom stereocenters. The minimum Gasteiger partial charge on any atom is -0.383 e. The van der Waals surface area contributed by atoms with Crippen LogP contribution in [0.15, 0.2) is 52.4 Å². The Kier molecular flexibility index (Phi) is 6.22. The highest BCUT2D eigenvalue weighted by Gasteiger charge is 2.20. The molecule has 0 saturated carbocycles. The minimum absolute atomic E-state index is 0.0159. The van der Waals surface area contributed by atoms with E-state index in [1.54, 1.807) is 12.3 Å². The van der Waals surface area contributed by atoms with Gasteiger partial charge in [-0.2, -0.15) is 10.3 Å². The molecule has 11 nitrogen and oxygen atoms in total. The Balaban J connectivity index is 2.09. The predicted octanol–water partition coefficient (Wildman–Crippen LogP) is 2.43. The summed E-state index contributed by atoms with van der Waals surface area (Å²) in [6, 6.07) is 11.0. The van der Waals surface area contributed by atoms with E-state index in [1.165, 1.54) is 47.3 Å². The van der Waals surface area contributed by atoms with Crippen LogP contribution in [-0.2, 0) is 11.3 Å². The second-order valence-electron chi connectivity index (χ2n) is 7.80. The van der Waals surface area contributed by atoms with E-state index >= 15 is 0 Å². The normalized spacial score (nSPS) is 11.7. The number of nitrogens with zero attached hydrogens (tertiary/aromatic N) is 6. The van der Waals surface area contributed by atoms with Gasteiger partial charge in [0, 0.05) is 31.5 Å². The van der Waals surface area contributed by atoms with Crippen LogP contribution in [0.25, 0.3) is 16.7 Å². The van der Waals surface area contributed by atoms with Gasteiger partial charge in [0.25, 0.3) is 17.2 Å². The van der Waals surface area contributed by atoms with Gasteiger partial charge in [0.05, 0.1) is 28.0 Å². The van der Waals surface area contributed by atoms with E-state index in [0.717, 1.165) is 5.56 Å². The van der Waals surface area contributed by atoms with Crippen molar-refractivity contribution in [2.45, 2.75) is 20.4 Å². The van der Waals surface area contributed by atoms with Crippen molar-refractivity contribution < 1.29 is 14.5 Å². The van der Waals surface area contributed by atoms with E-state index in [9.17, 15) is 25.0 Å². The number of carbonyl (C=O) groups is 1. The Morgan fingerprint density at radius 1 is 1.26 bits per heavy atom. The molecule has 0 aliphatic rings. The Bertz CT molecular complexity index is 1690. The number of hydrogen-bond donors (Lipinski definition) is 0. The fourth-order valence-electron chi connectivity index (χ4n) is 3.89. The van der Waals surface area contributed by atoms with Crippen LogP contribution in [0.3, 0.4) is 0 Å². The zero-order valence-corrected chi connectivity index (χ0v) is 19.2. The van der Waals surface area contributed by atoms with E-state index < -0.39 is 10.8 Å². The van der Waals surface area contributed by atoms with E-state index in [-0.39, 0.29) is 57.6 Å². The first kappa shape index (κ1) is 23.5. The minimum atomic E-state index is -0.762. The molecule has 4 aromatic rings. The lowest BCUT2D eigenvalue weighted by Crippen LogP contribution is -2.31. The fraction of sp³-hybridized carbons (Fsp3) is 0.208. The number of carbonyl (C=O) groups excluding carboxylic acids is 1. The highest BCUT2D eigenvalue weighted by Crippen LogP contribution is 2.21. The van der Waals surface area contributed by atoms with E-state index in [1.807, 2.05) is 19.1 Å². The molecule has 35 heavy (non-hydrogen) atoms. The number of methoxy groups -OCH3 is 1. The van der Waals surface area contributed by atoms with Crippen molar-refractivity contribution >= 4 is 28.3 Å². The molecule has 11 heteroatoms. The molecule has 176 valence electrons. The maximum atomic E-state index is 13.2. The van der Waals surface area contributed by atoms with Crippen LogP contribution in [-0.4, -0.2) is 38.5 Å². The van der Waals surface area contributed by atoms with Crippen molar-refractivity contribution in [3.63, 3.8) is 0 Å². The summed E-state index contributed by atoms with van der Waals surface area (Å²) in [4.78, 5) is 45.9. The lowest BCUT2D eigenvalue weighted by Gasteiger charge is -2.14. The van der Waals surface area contributed by atoms with Crippen molar-refractivity contribution in [1.29, 1.82) is 5.26 Å². The summed E-state index contributed by atoms with van der Waals surface area (Å²) in [6.07, 6.45) is 1.59. The Morgan fingerprint density at radius 3 is 2.71 bits per heavy atom. The van der Waals surface area contributed by atoms with Gasteiger partial charge in [-0.3, -0.25) is 24.1 Å². The quantitative estimate of drug-likeness (QED) is 0.246. The molecule has 0 radical (unpaired) electrons. The number of aryl methyl sites for hydroxylation is 1. The topological polar surface area (TPSA) is 145 Å². The fourth-order valence-corrected chi connectivity index (χ4v) is 3.89. The zero-order chi connectivity index (χ0) is 25.3. The zero-order valence-electron chi connectivity index (χ0n) is 19.2. The van der Waals surface area contributed by atoms with E-state index in [4.69, 9.17) is 4.74 Å². The van der Waals surface area contributed by atoms with Crippen LogP contribution in [0.5, 0.6) is 0 Å². The Morgan fingerprint density at radius 2 is 2.03 bits per heavy atom. The number of pyridine rings is 2. The van der Waals surface area contributed by atoms with E-state index in [2.05, 4.69) is 9.98 Å². The van der Waals surface area contributed by atoms with Crippen molar-refractivity contribution in [3.8, 4) is 6.07 Å². The van der Waals surface area contributed by atoms with Gasteiger partial charge in [0.2, 0.25) is 0 Å². The summed E-state index contributed by atoms with van der Waals surface area (Å²) in [7, 11) is 1.49. The number of nitriles is 1. The van der Waals surface area contributed by atoms with Gasteiger partial charge >= 0.3 is 0 Å². The van der Waals surface area contributed by atoms with Crippen molar-refractivity contribution in [2.24, 2.45) is 4.99 Å². The lowest BCUT2D eigenvalue weighted by molar-refractivity contribution is -0.385. The van der Waals surface area contributed by atoms with Gasteiger partial charge in [-0.05, 0) is 37.6 Å². The Labute approximate surface area is 198 Å². The van der Waals surface area contributed by atoms with Crippen LogP contribution >= 0.6 is 0 Å². The SMILES string of the molecule is COCCn1c(=NC(=O)c2cccc([N+](=O)[O-])c2C)c(C#N)cc2c(=O)n3cccc(C)c3nc21. The average Bonchev–Trinajstić information content (AvgIpc) is 2.83. The molecule has 0 unspecified atom stereocenters. The number of aromatic nitrogens is 3. The number of fused-ring (bicyclic) bond motifs is 2. The first-order valence-electron chi connectivity index (χ1n) is 10.6. The molecule has 0 N–H and O–H groups in total. The predicted molar refractivity (Wildman–Crippen MR) is 126 cm³/mol. The van der Waals surface area contributed by atoms with Crippen LogP contribution in [0.1, 0.15) is 27.0 Å². The lowest BCUT2D eigenvalue weighted by atomic mass is 10.1. The van der Waals surface area contributed by atoms with Gasteiger partial charge in [0.1, 0.15) is 17.4 Å². The van der Waals surface area contributed by atoms with Crippen LogP contribution in [0, 0.1) is 35.3 Å². The largest absolute Gasteiger partial charge is 0.383 e. The summed E-state index contributed by atoms with van der Waals surface area (Å²) in [6.45, 7) is 3.62. The van der Waals surface area contributed by atoms with Crippen LogP contribution in [0.4, 0.5) is 5.69 Å². The van der Waals surface area contributed by atoms with Gasteiger partial charge in [-0.15, -0.1) is 0 Å². The summed E-state index contributed by atoms with van der Waals surface area (Å²) in [5.41, 5.74) is 0.995. The maximum absolute atomic E-state index is 13.2. The maximum Gasteiger partial charge on any atom is 0.279 e.